The topological polar surface area (TPSA) is 57.9 Å². The maximum absolute atomic E-state index is 9.30. The molecular formula is C19H18ClN3O. The summed E-state index contributed by atoms with van der Waals surface area (Å²) in [4.78, 5) is 4.60. The molecule has 2 aromatic rings. The molecule has 0 amide bonds. The first-order chi connectivity index (χ1) is 11.7. The monoisotopic (exact) mass is 339 g/mol. The van der Waals surface area contributed by atoms with E-state index in [-0.39, 0.29) is 6.10 Å². The first kappa shape index (κ1) is 15.4. The van der Waals surface area contributed by atoms with Crippen molar-refractivity contribution in [1.29, 1.82) is 5.26 Å². The minimum atomic E-state index is 0.175. The third kappa shape index (κ3) is 3.10. The zero-order valence-corrected chi connectivity index (χ0v) is 14.0. The van der Waals surface area contributed by atoms with Crippen LogP contribution in [0.3, 0.4) is 0 Å². The third-order valence-electron chi connectivity index (χ3n) is 4.81. The van der Waals surface area contributed by atoms with E-state index >= 15 is 0 Å². The van der Waals surface area contributed by atoms with E-state index in [0.29, 0.717) is 34.2 Å². The Kier molecular flexibility index (Phi) is 4.13. The van der Waals surface area contributed by atoms with Gasteiger partial charge in [0.1, 0.15) is 6.10 Å². The zero-order valence-electron chi connectivity index (χ0n) is 13.2. The van der Waals surface area contributed by atoms with Crippen LogP contribution in [0, 0.1) is 11.3 Å². The first-order valence-corrected chi connectivity index (χ1v) is 8.69. The lowest BCUT2D eigenvalue weighted by molar-refractivity contribution is 0.132. The van der Waals surface area contributed by atoms with Crippen molar-refractivity contribution in [1.82, 2.24) is 10.3 Å². The molecule has 2 fully saturated rings. The van der Waals surface area contributed by atoms with Crippen LogP contribution in [0.1, 0.15) is 31.2 Å². The minimum absolute atomic E-state index is 0.175. The predicted octanol–water partition coefficient (Wildman–Crippen LogP) is 3.94. The Morgan fingerprint density at radius 2 is 1.92 bits per heavy atom. The summed E-state index contributed by atoms with van der Waals surface area (Å²) in [6.07, 6.45) is 4.65. The molecule has 0 saturated carbocycles. The molecule has 1 aromatic carbocycles. The molecule has 122 valence electrons. The molecule has 2 saturated heterocycles. The molecule has 2 aliphatic rings. The molecule has 1 aromatic heterocycles. The lowest BCUT2D eigenvalue weighted by Crippen LogP contribution is -2.42. The van der Waals surface area contributed by atoms with Crippen molar-refractivity contribution >= 4 is 11.6 Å². The molecule has 0 aliphatic carbocycles. The molecule has 2 unspecified atom stereocenters. The fourth-order valence-corrected chi connectivity index (χ4v) is 3.94. The molecule has 4 nitrogen and oxygen atoms in total. The third-order valence-corrected chi connectivity index (χ3v) is 5.03. The van der Waals surface area contributed by atoms with Gasteiger partial charge < -0.3 is 10.1 Å². The number of piperidine rings is 1. The Bertz CT molecular complexity index is 789. The Hall–Kier alpha value is -2.09. The SMILES string of the molecule is N#Cc1ccccc1-c1cc(Cl)cc(OC2CC3CCC(C2)N3)n1. The fraction of sp³-hybridized carbons (Fsp3) is 0.368. The van der Waals surface area contributed by atoms with E-state index in [1.165, 1.54) is 12.8 Å². The van der Waals surface area contributed by atoms with Crippen molar-refractivity contribution in [2.24, 2.45) is 0 Å². The second-order valence-corrected chi connectivity index (χ2v) is 6.95. The average Bonchev–Trinajstić information content (AvgIpc) is 2.93. The standard InChI is InChI=1S/C19H18ClN3O/c20-13-7-18(17-4-2-1-3-12(17)11-21)23-19(8-13)24-16-9-14-5-6-15(10-16)22-14/h1-4,7-8,14-16,22H,5-6,9-10H2. The Morgan fingerprint density at radius 1 is 1.17 bits per heavy atom. The summed E-state index contributed by atoms with van der Waals surface area (Å²) < 4.78 is 6.13. The number of aromatic nitrogens is 1. The van der Waals surface area contributed by atoms with Crippen molar-refractivity contribution in [2.45, 2.75) is 43.9 Å². The summed E-state index contributed by atoms with van der Waals surface area (Å²) in [5.74, 6) is 0.538. The largest absolute Gasteiger partial charge is 0.474 e. The van der Waals surface area contributed by atoms with Gasteiger partial charge in [0.2, 0.25) is 5.88 Å². The van der Waals surface area contributed by atoms with Crippen molar-refractivity contribution < 1.29 is 4.74 Å². The number of benzene rings is 1. The smallest absolute Gasteiger partial charge is 0.215 e. The number of pyridine rings is 1. The summed E-state index contributed by atoms with van der Waals surface area (Å²) in [6, 6.07) is 14.3. The van der Waals surface area contributed by atoms with Gasteiger partial charge in [0.25, 0.3) is 0 Å². The second kappa shape index (κ2) is 6.43. The zero-order chi connectivity index (χ0) is 16.5. The molecule has 3 heterocycles. The number of hydrogen-bond donors (Lipinski definition) is 1. The van der Waals surface area contributed by atoms with Crippen LogP contribution < -0.4 is 10.1 Å². The Labute approximate surface area is 146 Å². The number of fused-ring (bicyclic) bond motifs is 2. The summed E-state index contributed by atoms with van der Waals surface area (Å²) in [6.45, 7) is 0. The van der Waals surface area contributed by atoms with Gasteiger partial charge in [0, 0.05) is 28.7 Å². The van der Waals surface area contributed by atoms with E-state index in [9.17, 15) is 5.26 Å². The molecule has 5 heteroatoms. The number of nitrogens with one attached hydrogen (secondary N) is 1. The van der Waals surface area contributed by atoms with Gasteiger partial charge in [-0.15, -0.1) is 0 Å². The number of nitrogens with zero attached hydrogens (tertiary/aromatic N) is 2. The lowest BCUT2D eigenvalue weighted by atomic mass is 10.0. The first-order valence-electron chi connectivity index (χ1n) is 8.31. The van der Waals surface area contributed by atoms with E-state index < -0.39 is 0 Å². The van der Waals surface area contributed by atoms with Crippen LogP contribution in [0.2, 0.25) is 5.02 Å². The average molecular weight is 340 g/mol. The predicted molar refractivity (Wildman–Crippen MR) is 93.0 cm³/mol. The van der Waals surface area contributed by atoms with Crippen molar-refractivity contribution in [3.63, 3.8) is 0 Å². The van der Waals surface area contributed by atoms with E-state index in [1.807, 2.05) is 18.2 Å². The fourth-order valence-electron chi connectivity index (χ4n) is 3.75. The van der Waals surface area contributed by atoms with Gasteiger partial charge in [0.05, 0.1) is 17.3 Å². The number of rotatable bonds is 3. The number of halogens is 1. The van der Waals surface area contributed by atoms with Gasteiger partial charge in [-0.3, -0.25) is 0 Å². The maximum Gasteiger partial charge on any atom is 0.215 e. The summed E-state index contributed by atoms with van der Waals surface area (Å²) >= 11 is 6.27. The maximum atomic E-state index is 9.30. The van der Waals surface area contributed by atoms with E-state index in [0.717, 1.165) is 18.4 Å². The van der Waals surface area contributed by atoms with Crippen molar-refractivity contribution in [2.75, 3.05) is 0 Å². The van der Waals surface area contributed by atoms with Gasteiger partial charge >= 0.3 is 0 Å². The molecule has 4 rings (SSSR count). The summed E-state index contributed by atoms with van der Waals surface area (Å²) in [5.41, 5.74) is 2.03. The second-order valence-electron chi connectivity index (χ2n) is 6.52. The minimum Gasteiger partial charge on any atom is -0.474 e. The van der Waals surface area contributed by atoms with Gasteiger partial charge in [-0.05, 0) is 37.8 Å². The molecular weight excluding hydrogens is 322 g/mol. The molecule has 2 aliphatic heterocycles. The molecule has 2 bridgehead atoms. The molecule has 2 atom stereocenters. The normalized spacial score (nSPS) is 25.2. The van der Waals surface area contributed by atoms with Gasteiger partial charge in [-0.1, -0.05) is 29.8 Å². The number of hydrogen-bond acceptors (Lipinski definition) is 4. The van der Waals surface area contributed by atoms with Crippen molar-refractivity contribution in [3.05, 3.63) is 47.0 Å². The van der Waals surface area contributed by atoms with Crippen molar-refractivity contribution in [3.8, 4) is 23.2 Å². The Balaban J connectivity index is 1.61. The number of nitriles is 1. The van der Waals surface area contributed by atoms with Crippen LogP contribution >= 0.6 is 11.6 Å². The van der Waals surface area contributed by atoms with Crippen LogP contribution in [0.4, 0.5) is 0 Å². The van der Waals surface area contributed by atoms with E-state index in [2.05, 4.69) is 16.4 Å². The van der Waals surface area contributed by atoms with Gasteiger partial charge in [-0.2, -0.15) is 5.26 Å². The highest BCUT2D eigenvalue weighted by Gasteiger charge is 2.34. The highest BCUT2D eigenvalue weighted by molar-refractivity contribution is 6.30. The van der Waals surface area contributed by atoms with Crippen LogP contribution in [0.5, 0.6) is 5.88 Å². The molecule has 0 radical (unpaired) electrons. The quantitative estimate of drug-likeness (QED) is 0.920. The van der Waals surface area contributed by atoms with Gasteiger partial charge in [0.15, 0.2) is 0 Å². The van der Waals surface area contributed by atoms with E-state index in [1.54, 1.807) is 18.2 Å². The van der Waals surface area contributed by atoms with Crippen LogP contribution in [0.15, 0.2) is 36.4 Å². The molecule has 0 spiro atoms. The lowest BCUT2D eigenvalue weighted by Gasteiger charge is -2.29. The molecule has 24 heavy (non-hydrogen) atoms. The Morgan fingerprint density at radius 3 is 2.67 bits per heavy atom. The highest BCUT2D eigenvalue weighted by Crippen LogP contribution is 2.31. The number of ether oxygens (including phenoxy) is 1. The van der Waals surface area contributed by atoms with Crippen LogP contribution in [-0.2, 0) is 0 Å². The highest BCUT2D eigenvalue weighted by atomic mass is 35.5. The summed E-state index contributed by atoms with van der Waals surface area (Å²) in [7, 11) is 0. The summed E-state index contributed by atoms with van der Waals surface area (Å²) in [5, 5.41) is 13.5. The van der Waals surface area contributed by atoms with Gasteiger partial charge in [-0.25, -0.2) is 4.98 Å². The van der Waals surface area contributed by atoms with E-state index in [4.69, 9.17) is 16.3 Å². The molecule has 1 N–H and O–H groups in total. The van der Waals surface area contributed by atoms with Crippen LogP contribution in [-0.4, -0.2) is 23.2 Å². The van der Waals surface area contributed by atoms with Crippen LogP contribution in [0.25, 0.3) is 11.3 Å².